The van der Waals surface area contributed by atoms with Crippen LogP contribution in [-0.2, 0) is 39.3 Å². The number of halogens is 3. The summed E-state index contributed by atoms with van der Waals surface area (Å²) < 4.78 is 69.7. The molecule has 0 radical (unpaired) electrons. The molecule has 1 N–H and O–H groups in total. The van der Waals surface area contributed by atoms with Crippen LogP contribution in [0.15, 0.2) is 35.5 Å². The van der Waals surface area contributed by atoms with Crippen LogP contribution in [0.25, 0.3) is 0 Å². The summed E-state index contributed by atoms with van der Waals surface area (Å²) in [4.78, 5) is 25.3. The Morgan fingerprint density at radius 2 is 1.95 bits per heavy atom. The van der Waals surface area contributed by atoms with Gasteiger partial charge in [0.05, 0.1) is 33.9 Å². The first kappa shape index (κ1) is 30.1. The van der Waals surface area contributed by atoms with Gasteiger partial charge in [-0.1, -0.05) is 6.92 Å². The summed E-state index contributed by atoms with van der Waals surface area (Å²) in [5, 5.41) is 2.05. The number of fused-ring (bicyclic) bond motifs is 2. The number of thiazole rings is 1. The monoisotopic (exact) mass is 628 g/mol. The van der Waals surface area contributed by atoms with Gasteiger partial charge in [0.15, 0.2) is 14.8 Å². The SMILES string of the molecule is CCS(=O)(=O)c1ccc(CNC(=O)c2cc3c(s2)C2(CCN(C(C)c4cnc(C(F)(F)F)s4)CC2)O[C@@H](C)C3)nc1. The van der Waals surface area contributed by atoms with Crippen LogP contribution in [0.3, 0.4) is 0 Å². The third-order valence-corrected chi connectivity index (χ3v) is 12.0. The number of likely N-dealkylation sites (tertiary alicyclic amines) is 1. The Hall–Kier alpha value is -2.39. The second kappa shape index (κ2) is 11.4. The van der Waals surface area contributed by atoms with E-state index in [2.05, 4.69) is 20.2 Å². The van der Waals surface area contributed by atoms with E-state index in [0.717, 1.165) is 10.4 Å². The predicted octanol–water partition coefficient (Wildman–Crippen LogP) is 5.36. The molecule has 1 spiro atoms. The van der Waals surface area contributed by atoms with Crippen molar-refractivity contribution in [2.75, 3.05) is 18.8 Å². The maximum atomic E-state index is 13.1. The zero-order chi connectivity index (χ0) is 29.6. The van der Waals surface area contributed by atoms with Gasteiger partial charge in [-0.15, -0.1) is 22.7 Å². The molecule has 2 atom stereocenters. The van der Waals surface area contributed by atoms with E-state index in [1.54, 1.807) is 13.0 Å². The first-order valence-electron chi connectivity index (χ1n) is 13.3. The fourth-order valence-electron chi connectivity index (χ4n) is 5.40. The number of nitrogens with one attached hydrogen (secondary N) is 1. The number of rotatable bonds is 7. The first-order chi connectivity index (χ1) is 19.3. The zero-order valence-corrected chi connectivity index (χ0v) is 25.3. The standard InChI is InChI=1S/C27H31F3N4O4S3/c1-4-41(36,37)20-6-5-19(31-14-20)13-32-24(35)21-12-18-11-16(2)38-26(23(18)39-21)7-9-34(10-8-26)17(3)22-15-33-25(40-22)27(28,29)30/h5-6,12,14-17H,4,7-11,13H2,1-3H3,(H,32,35)/t16-,17?/m0/s1. The van der Waals surface area contributed by atoms with Gasteiger partial charge in [-0.3, -0.25) is 14.7 Å². The molecule has 1 amide bonds. The number of piperidine rings is 1. The van der Waals surface area contributed by atoms with E-state index in [4.69, 9.17) is 4.74 Å². The lowest BCUT2D eigenvalue weighted by Gasteiger charge is -2.46. The normalized spacial score (nSPS) is 20.1. The number of alkyl halides is 3. The van der Waals surface area contributed by atoms with Crippen molar-refractivity contribution in [1.82, 2.24) is 20.2 Å². The van der Waals surface area contributed by atoms with E-state index >= 15 is 0 Å². The second-order valence-corrected chi connectivity index (χ2v) is 14.8. The molecule has 3 aromatic heterocycles. The Bertz CT molecular complexity index is 1510. The fourth-order valence-corrected chi connectivity index (χ4v) is 8.39. The third-order valence-electron chi connectivity index (χ3n) is 7.68. The zero-order valence-electron chi connectivity index (χ0n) is 22.8. The largest absolute Gasteiger partial charge is 0.443 e. The van der Waals surface area contributed by atoms with E-state index in [1.165, 1.54) is 29.8 Å². The Morgan fingerprint density at radius 1 is 1.22 bits per heavy atom. The van der Waals surface area contributed by atoms with Gasteiger partial charge >= 0.3 is 6.18 Å². The lowest BCUT2D eigenvalue weighted by molar-refractivity contribution is -0.137. The molecular weight excluding hydrogens is 598 g/mol. The van der Waals surface area contributed by atoms with Crippen molar-refractivity contribution < 1.29 is 31.1 Å². The van der Waals surface area contributed by atoms with Gasteiger partial charge in [0.2, 0.25) is 0 Å². The van der Waals surface area contributed by atoms with Crippen molar-refractivity contribution in [3.63, 3.8) is 0 Å². The summed E-state index contributed by atoms with van der Waals surface area (Å²) in [6, 6.07) is 4.82. The number of aromatic nitrogens is 2. The van der Waals surface area contributed by atoms with Gasteiger partial charge in [-0.2, -0.15) is 13.2 Å². The Kier molecular flexibility index (Phi) is 8.34. The average Bonchev–Trinajstić information content (AvgIpc) is 3.61. The molecule has 8 nitrogen and oxygen atoms in total. The van der Waals surface area contributed by atoms with Crippen molar-refractivity contribution in [3.05, 3.63) is 61.5 Å². The number of amides is 1. The van der Waals surface area contributed by atoms with Gasteiger partial charge in [-0.25, -0.2) is 13.4 Å². The molecule has 41 heavy (non-hydrogen) atoms. The average molecular weight is 629 g/mol. The molecule has 5 heterocycles. The molecule has 2 aliphatic rings. The number of carbonyl (C=O) groups excluding carboxylic acids is 1. The number of pyridine rings is 1. The van der Waals surface area contributed by atoms with Crippen molar-refractivity contribution >= 4 is 38.4 Å². The number of nitrogens with zero attached hydrogens (tertiary/aromatic N) is 3. The molecule has 1 unspecified atom stereocenters. The quantitative estimate of drug-likeness (QED) is 0.376. The van der Waals surface area contributed by atoms with Gasteiger partial charge in [0, 0.05) is 41.3 Å². The van der Waals surface area contributed by atoms with Crippen molar-refractivity contribution in [3.8, 4) is 0 Å². The number of ether oxygens (including phenoxy) is 1. The van der Waals surface area contributed by atoms with E-state index in [9.17, 15) is 26.4 Å². The van der Waals surface area contributed by atoms with Crippen LogP contribution in [-0.4, -0.2) is 54.1 Å². The van der Waals surface area contributed by atoms with E-state index in [0.29, 0.717) is 59.1 Å². The topological polar surface area (TPSA) is 101 Å². The lowest BCUT2D eigenvalue weighted by atomic mass is 9.83. The smallest absolute Gasteiger partial charge is 0.366 e. The summed E-state index contributed by atoms with van der Waals surface area (Å²) >= 11 is 2.11. The summed E-state index contributed by atoms with van der Waals surface area (Å²) in [5.74, 6) is -0.250. The molecule has 2 aliphatic heterocycles. The molecular formula is C27H31F3N4O4S3. The van der Waals surface area contributed by atoms with Crippen LogP contribution in [0, 0.1) is 0 Å². The molecule has 0 aliphatic carbocycles. The van der Waals surface area contributed by atoms with Gasteiger partial charge in [0.1, 0.15) is 5.60 Å². The highest BCUT2D eigenvalue weighted by Crippen LogP contribution is 2.48. The Morgan fingerprint density at radius 3 is 2.56 bits per heavy atom. The molecule has 0 bridgehead atoms. The lowest BCUT2D eigenvalue weighted by Crippen LogP contribution is -2.48. The fraction of sp³-hybridized carbons (Fsp3) is 0.519. The van der Waals surface area contributed by atoms with Crippen LogP contribution in [0.5, 0.6) is 0 Å². The van der Waals surface area contributed by atoms with Crippen molar-refractivity contribution in [1.29, 1.82) is 0 Å². The highest BCUT2D eigenvalue weighted by atomic mass is 32.2. The summed E-state index contributed by atoms with van der Waals surface area (Å²) in [6.07, 6.45) is 0.173. The summed E-state index contributed by atoms with van der Waals surface area (Å²) in [5.41, 5.74) is 1.09. The summed E-state index contributed by atoms with van der Waals surface area (Å²) in [7, 11) is -3.34. The van der Waals surface area contributed by atoms with E-state index in [1.807, 2.05) is 19.9 Å². The predicted molar refractivity (Wildman–Crippen MR) is 150 cm³/mol. The van der Waals surface area contributed by atoms with Crippen molar-refractivity contribution in [2.45, 2.75) is 75.4 Å². The van der Waals surface area contributed by atoms with Crippen LogP contribution >= 0.6 is 22.7 Å². The van der Waals surface area contributed by atoms with Crippen LogP contribution < -0.4 is 5.32 Å². The molecule has 3 aromatic rings. The molecule has 14 heteroatoms. The maximum Gasteiger partial charge on any atom is 0.443 e. The highest BCUT2D eigenvalue weighted by molar-refractivity contribution is 7.91. The number of hydrogen-bond acceptors (Lipinski definition) is 9. The van der Waals surface area contributed by atoms with Crippen molar-refractivity contribution in [2.24, 2.45) is 0 Å². The highest BCUT2D eigenvalue weighted by Gasteiger charge is 2.45. The third kappa shape index (κ3) is 6.21. The molecule has 0 aromatic carbocycles. The minimum absolute atomic E-state index is 0.0103. The van der Waals surface area contributed by atoms with Crippen LogP contribution in [0.2, 0.25) is 0 Å². The minimum Gasteiger partial charge on any atom is -0.366 e. The molecule has 5 rings (SSSR count). The van der Waals surface area contributed by atoms with Gasteiger partial charge in [-0.05, 0) is 56.9 Å². The van der Waals surface area contributed by atoms with Gasteiger partial charge in [0.25, 0.3) is 5.91 Å². The van der Waals surface area contributed by atoms with E-state index in [-0.39, 0.29) is 35.2 Å². The molecule has 1 fully saturated rings. The molecule has 0 saturated carbocycles. The Labute approximate surface area is 244 Å². The minimum atomic E-state index is -4.45. The number of thiophene rings is 1. The molecule has 222 valence electrons. The second-order valence-electron chi connectivity index (χ2n) is 10.4. The first-order valence-corrected chi connectivity index (χ1v) is 16.6. The van der Waals surface area contributed by atoms with E-state index < -0.39 is 26.6 Å². The Balaban J connectivity index is 1.26. The van der Waals surface area contributed by atoms with Gasteiger partial charge < -0.3 is 10.1 Å². The number of carbonyl (C=O) groups is 1. The van der Waals surface area contributed by atoms with Crippen LogP contribution in [0.1, 0.15) is 75.3 Å². The van der Waals surface area contributed by atoms with Crippen LogP contribution in [0.4, 0.5) is 13.2 Å². The number of sulfone groups is 1. The summed E-state index contributed by atoms with van der Waals surface area (Å²) in [6.45, 7) is 6.93. The number of hydrogen-bond donors (Lipinski definition) is 1. The molecule has 1 saturated heterocycles. The maximum absolute atomic E-state index is 13.1.